The monoisotopic (exact) mass is 313 g/mol. The molecule has 22 heavy (non-hydrogen) atoms. The zero-order chi connectivity index (χ0) is 16.5. The van der Waals surface area contributed by atoms with E-state index < -0.39 is 12.0 Å². The summed E-state index contributed by atoms with van der Waals surface area (Å²) in [5, 5.41) is 8.67. The van der Waals surface area contributed by atoms with Gasteiger partial charge in [-0.3, -0.25) is 4.79 Å². The summed E-state index contributed by atoms with van der Waals surface area (Å²) in [7, 11) is 0. The molecule has 0 unspecified atom stereocenters. The van der Waals surface area contributed by atoms with Crippen molar-refractivity contribution in [1.29, 1.82) is 0 Å². The largest absolute Gasteiger partial charge is 0.480 e. The first-order valence-corrected chi connectivity index (χ1v) is 9.67. The summed E-state index contributed by atoms with van der Waals surface area (Å²) in [5.74, 6) is -0.870. The van der Waals surface area contributed by atoms with Crippen LogP contribution in [0.1, 0.15) is 110 Å². The average Bonchev–Trinajstić information content (AvgIpc) is 2.50. The predicted octanol–water partition coefficient (Wildman–Crippen LogP) is 5.66. The van der Waals surface area contributed by atoms with Gasteiger partial charge in [-0.2, -0.15) is 0 Å². The van der Waals surface area contributed by atoms with Gasteiger partial charge in [-0.1, -0.05) is 103 Å². The van der Waals surface area contributed by atoms with Crippen LogP contribution in [0.15, 0.2) is 0 Å². The Labute approximate surface area is 138 Å². The Kier molecular flexibility index (Phi) is 16.4. The molecule has 0 aromatic carbocycles. The highest BCUT2D eigenvalue weighted by molar-refractivity contribution is 5.72. The lowest BCUT2D eigenvalue weighted by Gasteiger charge is -2.06. The fourth-order valence-corrected chi connectivity index (χ4v) is 2.86. The van der Waals surface area contributed by atoms with Crippen LogP contribution in [-0.4, -0.2) is 17.1 Å². The lowest BCUT2D eigenvalue weighted by Crippen LogP contribution is -2.29. The molecule has 0 spiro atoms. The summed E-state index contributed by atoms with van der Waals surface area (Å²) in [4.78, 5) is 10.6. The number of unbranched alkanes of at least 4 members (excludes halogenated alkanes) is 14. The Morgan fingerprint density at radius 1 is 0.727 bits per heavy atom. The molecule has 0 aliphatic heterocycles. The van der Waals surface area contributed by atoms with Gasteiger partial charge in [-0.25, -0.2) is 0 Å². The van der Waals surface area contributed by atoms with Crippen molar-refractivity contribution < 1.29 is 9.90 Å². The molecule has 0 aliphatic carbocycles. The first-order chi connectivity index (χ1) is 10.7. The van der Waals surface area contributed by atoms with E-state index in [4.69, 9.17) is 10.8 Å². The third-order valence-electron chi connectivity index (χ3n) is 4.44. The lowest BCUT2D eigenvalue weighted by atomic mass is 10.0. The molecule has 0 amide bonds. The number of nitrogens with two attached hydrogens (primary N) is 1. The first kappa shape index (κ1) is 21.4. The third kappa shape index (κ3) is 15.8. The molecular weight excluding hydrogens is 274 g/mol. The molecule has 0 heterocycles. The Bertz CT molecular complexity index is 244. The van der Waals surface area contributed by atoms with Crippen molar-refractivity contribution in [2.45, 2.75) is 116 Å². The quantitative estimate of drug-likeness (QED) is 0.340. The van der Waals surface area contributed by atoms with E-state index in [1.54, 1.807) is 0 Å². The third-order valence-corrected chi connectivity index (χ3v) is 4.44. The van der Waals surface area contributed by atoms with E-state index in [0.717, 1.165) is 12.8 Å². The van der Waals surface area contributed by atoms with Crippen LogP contribution >= 0.6 is 0 Å². The van der Waals surface area contributed by atoms with E-state index in [1.165, 1.54) is 83.5 Å². The maximum Gasteiger partial charge on any atom is 0.320 e. The molecule has 0 saturated carbocycles. The van der Waals surface area contributed by atoms with E-state index in [0.29, 0.717) is 6.42 Å². The zero-order valence-corrected chi connectivity index (χ0v) is 14.8. The van der Waals surface area contributed by atoms with Crippen molar-refractivity contribution in [1.82, 2.24) is 0 Å². The highest BCUT2D eigenvalue weighted by Gasteiger charge is 2.09. The smallest absolute Gasteiger partial charge is 0.320 e. The fourth-order valence-electron chi connectivity index (χ4n) is 2.86. The van der Waals surface area contributed by atoms with E-state index in [1.807, 2.05) is 0 Å². The van der Waals surface area contributed by atoms with Crippen molar-refractivity contribution in [2.75, 3.05) is 0 Å². The minimum absolute atomic E-state index is 0.619. The van der Waals surface area contributed by atoms with Gasteiger partial charge in [0, 0.05) is 0 Å². The summed E-state index contributed by atoms with van der Waals surface area (Å²) in [5.41, 5.74) is 5.47. The van der Waals surface area contributed by atoms with Crippen LogP contribution in [0.2, 0.25) is 0 Å². The SMILES string of the molecule is CCCCCCCCCCCCCCCCC[C@@H](N)C(=O)O. The molecule has 0 radical (unpaired) electrons. The van der Waals surface area contributed by atoms with Crippen LogP contribution in [-0.2, 0) is 4.79 Å². The summed E-state index contributed by atoms with van der Waals surface area (Å²) in [6.45, 7) is 2.27. The summed E-state index contributed by atoms with van der Waals surface area (Å²) < 4.78 is 0. The van der Waals surface area contributed by atoms with Crippen LogP contribution < -0.4 is 5.73 Å². The number of carboxylic acid groups (broad SMARTS) is 1. The van der Waals surface area contributed by atoms with Gasteiger partial charge in [0.25, 0.3) is 0 Å². The number of carbonyl (C=O) groups is 1. The average molecular weight is 314 g/mol. The molecule has 0 bridgehead atoms. The van der Waals surface area contributed by atoms with Crippen LogP contribution in [0, 0.1) is 0 Å². The molecule has 0 aliphatic rings. The Hall–Kier alpha value is -0.570. The molecule has 3 nitrogen and oxygen atoms in total. The Morgan fingerprint density at radius 2 is 1.05 bits per heavy atom. The molecular formula is C19H39NO2. The minimum atomic E-state index is -0.870. The van der Waals surface area contributed by atoms with Crippen molar-refractivity contribution in [3.05, 3.63) is 0 Å². The number of hydrogen-bond donors (Lipinski definition) is 2. The molecule has 0 saturated heterocycles. The van der Waals surface area contributed by atoms with Gasteiger partial charge in [0.15, 0.2) is 0 Å². The predicted molar refractivity (Wildman–Crippen MR) is 95.2 cm³/mol. The molecule has 0 aromatic heterocycles. The van der Waals surface area contributed by atoms with Crippen molar-refractivity contribution in [3.63, 3.8) is 0 Å². The topological polar surface area (TPSA) is 63.3 Å². The Balaban J connectivity index is 3.04. The lowest BCUT2D eigenvalue weighted by molar-refractivity contribution is -0.138. The molecule has 3 N–H and O–H groups in total. The highest BCUT2D eigenvalue weighted by atomic mass is 16.4. The van der Waals surface area contributed by atoms with Gasteiger partial charge in [-0.05, 0) is 6.42 Å². The molecule has 132 valence electrons. The first-order valence-electron chi connectivity index (χ1n) is 9.67. The van der Waals surface area contributed by atoms with Gasteiger partial charge in [-0.15, -0.1) is 0 Å². The molecule has 0 rings (SSSR count). The zero-order valence-electron chi connectivity index (χ0n) is 14.8. The highest BCUT2D eigenvalue weighted by Crippen LogP contribution is 2.13. The second kappa shape index (κ2) is 16.8. The second-order valence-corrected chi connectivity index (χ2v) is 6.68. The van der Waals surface area contributed by atoms with Gasteiger partial charge >= 0.3 is 5.97 Å². The van der Waals surface area contributed by atoms with Crippen molar-refractivity contribution >= 4 is 5.97 Å². The maximum absolute atomic E-state index is 10.6. The van der Waals surface area contributed by atoms with Crippen LogP contribution in [0.3, 0.4) is 0 Å². The van der Waals surface area contributed by atoms with Gasteiger partial charge in [0.1, 0.15) is 6.04 Å². The van der Waals surface area contributed by atoms with Gasteiger partial charge < -0.3 is 10.8 Å². The van der Waals surface area contributed by atoms with Gasteiger partial charge in [0.2, 0.25) is 0 Å². The second-order valence-electron chi connectivity index (χ2n) is 6.68. The number of aliphatic carboxylic acids is 1. The maximum atomic E-state index is 10.6. The number of carboxylic acids is 1. The minimum Gasteiger partial charge on any atom is -0.480 e. The summed E-state index contributed by atoms with van der Waals surface area (Å²) in [6, 6.07) is -0.665. The summed E-state index contributed by atoms with van der Waals surface area (Å²) >= 11 is 0. The molecule has 1 atom stereocenters. The summed E-state index contributed by atoms with van der Waals surface area (Å²) in [6.07, 6.45) is 20.6. The molecule has 3 heteroatoms. The van der Waals surface area contributed by atoms with Crippen molar-refractivity contribution in [2.24, 2.45) is 5.73 Å². The van der Waals surface area contributed by atoms with Crippen LogP contribution in [0.25, 0.3) is 0 Å². The molecule has 0 aromatic rings. The van der Waals surface area contributed by atoms with Crippen LogP contribution in [0.4, 0.5) is 0 Å². The number of rotatable bonds is 17. The Morgan fingerprint density at radius 3 is 1.36 bits per heavy atom. The van der Waals surface area contributed by atoms with Crippen LogP contribution in [0.5, 0.6) is 0 Å². The molecule has 0 fully saturated rings. The van der Waals surface area contributed by atoms with E-state index >= 15 is 0 Å². The standard InChI is InChI=1S/C19H39NO2/c1-2-3-4-5-6-7-8-9-10-11-12-13-14-15-16-17-18(20)19(21)22/h18H,2-17,20H2,1H3,(H,21,22)/t18-/m1/s1. The van der Waals surface area contributed by atoms with Gasteiger partial charge in [0.05, 0.1) is 0 Å². The fraction of sp³-hybridized carbons (Fsp3) is 0.947. The number of hydrogen-bond acceptors (Lipinski definition) is 2. The normalized spacial score (nSPS) is 12.5. The van der Waals surface area contributed by atoms with E-state index in [-0.39, 0.29) is 0 Å². The van der Waals surface area contributed by atoms with Crippen molar-refractivity contribution in [3.8, 4) is 0 Å². The van der Waals surface area contributed by atoms with E-state index in [2.05, 4.69) is 6.92 Å². The van der Waals surface area contributed by atoms with E-state index in [9.17, 15) is 4.79 Å².